The van der Waals surface area contributed by atoms with Gasteiger partial charge in [-0.2, -0.15) is 0 Å². The van der Waals surface area contributed by atoms with E-state index < -0.39 is 0 Å². The van der Waals surface area contributed by atoms with E-state index in [-0.39, 0.29) is 5.60 Å². The Morgan fingerprint density at radius 1 is 1.33 bits per heavy atom. The van der Waals surface area contributed by atoms with Crippen molar-refractivity contribution in [3.63, 3.8) is 0 Å². The SMILES string of the molecule is CCC(C)NCCOC(C)(C)C. The Balaban J connectivity index is 3.22. The van der Waals surface area contributed by atoms with E-state index in [1.54, 1.807) is 0 Å². The number of ether oxygens (including phenoxy) is 1. The first kappa shape index (κ1) is 11.9. The summed E-state index contributed by atoms with van der Waals surface area (Å²) in [5.41, 5.74) is -0.00284. The van der Waals surface area contributed by atoms with Crippen molar-refractivity contribution in [1.82, 2.24) is 5.32 Å². The van der Waals surface area contributed by atoms with Gasteiger partial charge in [-0.3, -0.25) is 0 Å². The first-order valence-corrected chi connectivity index (χ1v) is 4.83. The third-order valence-corrected chi connectivity index (χ3v) is 1.74. The van der Waals surface area contributed by atoms with Crippen LogP contribution < -0.4 is 5.32 Å². The lowest BCUT2D eigenvalue weighted by Crippen LogP contribution is -2.31. The number of rotatable bonds is 5. The van der Waals surface area contributed by atoms with E-state index >= 15 is 0 Å². The Kier molecular flexibility index (Phi) is 5.51. The van der Waals surface area contributed by atoms with Gasteiger partial charge < -0.3 is 10.1 Å². The Hall–Kier alpha value is -0.0800. The molecule has 2 nitrogen and oxygen atoms in total. The van der Waals surface area contributed by atoms with Crippen LogP contribution in [0.25, 0.3) is 0 Å². The lowest BCUT2D eigenvalue weighted by atomic mass is 10.2. The number of hydrogen-bond donors (Lipinski definition) is 1. The van der Waals surface area contributed by atoms with Crippen molar-refractivity contribution in [3.8, 4) is 0 Å². The number of hydrogen-bond acceptors (Lipinski definition) is 2. The van der Waals surface area contributed by atoms with Gasteiger partial charge in [-0.15, -0.1) is 0 Å². The topological polar surface area (TPSA) is 21.3 Å². The van der Waals surface area contributed by atoms with Gasteiger partial charge >= 0.3 is 0 Å². The van der Waals surface area contributed by atoms with Crippen molar-refractivity contribution in [2.24, 2.45) is 0 Å². The molecule has 0 bridgehead atoms. The first-order valence-electron chi connectivity index (χ1n) is 4.83. The zero-order valence-corrected chi connectivity index (χ0v) is 9.11. The van der Waals surface area contributed by atoms with E-state index in [4.69, 9.17) is 4.74 Å². The van der Waals surface area contributed by atoms with Crippen LogP contribution in [0.15, 0.2) is 0 Å². The molecule has 74 valence electrons. The van der Waals surface area contributed by atoms with Gasteiger partial charge in [0.15, 0.2) is 0 Å². The highest BCUT2D eigenvalue weighted by Crippen LogP contribution is 2.05. The van der Waals surface area contributed by atoms with Crippen molar-refractivity contribution in [2.75, 3.05) is 13.2 Å². The molecular weight excluding hydrogens is 150 g/mol. The summed E-state index contributed by atoms with van der Waals surface area (Å²) in [5.74, 6) is 0. The molecule has 12 heavy (non-hydrogen) atoms. The molecule has 0 aromatic rings. The van der Waals surface area contributed by atoms with Crippen molar-refractivity contribution in [2.45, 2.75) is 52.7 Å². The van der Waals surface area contributed by atoms with Gasteiger partial charge in [-0.25, -0.2) is 0 Å². The fourth-order valence-corrected chi connectivity index (χ4v) is 0.807. The highest BCUT2D eigenvalue weighted by atomic mass is 16.5. The van der Waals surface area contributed by atoms with Gasteiger partial charge in [0.2, 0.25) is 0 Å². The molecule has 0 fully saturated rings. The standard InChI is InChI=1S/C10H23NO/c1-6-9(2)11-7-8-12-10(3,4)5/h9,11H,6-8H2,1-5H3. The Labute approximate surface area is 76.7 Å². The Bertz CT molecular complexity index is 107. The van der Waals surface area contributed by atoms with Crippen LogP contribution >= 0.6 is 0 Å². The van der Waals surface area contributed by atoms with Crippen molar-refractivity contribution < 1.29 is 4.74 Å². The van der Waals surface area contributed by atoms with E-state index in [0.717, 1.165) is 13.2 Å². The van der Waals surface area contributed by atoms with E-state index in [1.807, 2.05) is 0 Å². The first-order chi connectivity index (χ1) is 5.45. The minimum Gasteiger partial charge on any atom is -0.375 e. The van der Waals surface area contributed by atoms with Crippen LogP contribution in [0, 0.1) is 0 Å². The highest BCUT2D eigenvalue weighted by molar-refractivity contribution is 4.61. The summed E-state index contributed by atoms with van der Waals surface area (Å²) in [7, 11) is 0. The lowest BCUT2D eigenvalue weighted by molar-refractivity contribution is -0.00150. The molecule has 0 spiro atoms. The minimum atomic E-state index is -0.00284. The maximum atomic E-state index is 5.56. The molecule has 0 aliphatic heterocycles. The van der Waals surface area contributed by atoms with Gasteiger partial charge in [-0.1, -0.05) is 6.92 Å². The molecule has 0 aromatic carbocycles. The van der Waals surface area contributed by atoms with E-state index in [2.05, 4.69) is 39.9 Å². The van der Waals surface area contributed by atoms with Crippen LogP contribution in [0.1, 0.15) is 41.0 Å². The molecule has 0 aromatic heterocycles. The highest BCUT2D eigenvalue weighted by Gasteiger charge is 2.08. The summed E-state index contributed by atoms with van der Waals surface area (Å²) in [6.07, 6.45) is 1.18. The number of nitrogens with one attached hydrogen (secondary N) is 1. The Morgan fingerprint density at radius 3 is 2.33 bits per heavy atom. The average molecular weight is 173 g/mol. The van der Waals surface area contributed by atoms with Crippen LogP contribution in [0.2, 0.25) is 0 Å². The van der Waals surface area contributed by atoms with Gasteiger partial charge in [-0.05, 0) is 34.1 Å². The molecule has 0 saturated heterocycles. The maximum Gasteiger partial charge on any atom is 0.0599 e. The Morgan fingerprint density at radius 2 is 1.92 bits per heavy atom. The fraction of sp³-hybridized carbons (Fsp3) is 1.00. The van der Waals surface area contributed by atoms with Gasteiger partial charge in [0.1, 0.15) is 0 Å². The van der Waals surface area contributed by atoms with Crippen LogP contribution in [0.3, 0.4) is 0 Å². The van der Waals surface area contributed by atoms with Crippen molar-refractivity contribution in [1.29, 1.82) is 0 Å². The van der Waals surface area contributed by atoms with Crippen molar-refractivity contribution >= 4 is 0 Å². The molecule has 0 amide bonds. The lowest BCUT2D eigenvalue weighted by Gasteiger charge is -2.20. The average Bonchev–Trinajstić information content (AvgIpc) is 1.96. The van der Waals surface area contributed by atoms with E-state index in [0.29, 0.717) is 6.04 Å². The zero-order chi connectivity index (χ0) is 9.61. The summed E-state index contributed by atoms with van der Waals surface area (Å²) in [4.78, 5) is 0. The molecule has 1 N–H and O–H groups in total. The third kappa shape index (κ3) is 8.02. The van der Waals surface area contributed by atoms with Crippen LogP contribution in [0.5, 0.6) is 0 Å². The molecule has 2 heteroatoms. The van der Waals surface area contributed by atoms with Crippen LogP contribution in [0.4, 0.5) is 0 Å². The van der Waals surface area contributed by atoms with E-state index in [9.17, 15) is 0 Å². The molecule has 0 aliphatic carbocycles. The quantitative estimate of drug-likeness (QED) is 0.643. The second-order valence-corrected chi connectivity index (χ2v) is 4.22. The largest absolute Gasteiger partial charge is 0.375 e. The maximum absolute atomic E-state index is 5.56. The summed E-state index contributed by atoms with van der Waals surface area (Å²) in [6, 6.07) is 0.605. The second-order valence-electron chi connectivity index (χ2n) is 4.22. The van der Waals surface area contributed by atoms with Gasteiger partial charge in [0, 0.05) is 12.6 Å². The molecule has 1 atom stereocenters. The minimum absolute atomic E-state index is 0.00284. The second kappa shape index (κ2) is 5.55. The zero-order valence-electron chi connectivity index (χ0n) is 9.11. The summed E-state index contributed by atoms with van der Waals surface area (Å²) in [5, 5.41) is 3.38. The monoisotopic (exact) mass is 173 g/mol. The molecule has 0 rings (SSSR count). The van der Waals surface area contributed by atoms with E-state index in [1.165, 1.54) is 6.42 Å². The molecular formula is C10H23NO. The smallest absolute Gasteiger partial charge is 0.0599 e. The predicted octanol–water partition coefficient (Wildman–Crippen LogP) is 2.19. The normalized spacial score (nSPS) is 14.8. The fourth-order valence-electron chi connectivity index (χ4n) is 0.807. The molecule has 0 heterocycles. The van der Waals surface area contributed by atoms with Gasteiger partial charge in [0.05, 0.1) is 12.2 Å². The molecule has 0 radical (unpaired) electrons. The van der Waals surface area contributed by atoms with Crippen LogP contribution in [-0.4, -0.2) is 24.8 Å². The predicted molar refractivity (Wildman–Crippen MR) is 53.5 cm³/mol. The summed E-state index contributed by atoms with van der Waals surface area (Å²) >= 11 is 0. The third-order valence-electron chi connectivity index (χ3n) is 1.74. The van der Waals surface area contributed by atoms with Crippen molar-refractivity contribution in [3.05, 3.63) is 0 Å². The summed E-state index contributed by atoms with van der Waals surface area (Å²) < 4.78 is 5.56. The molecule has 1 unspecified atom stereocenters. The van der Waals surface area contributed by atoms with Crippen LogP contribution in [-0.2, 0) is 4.74 Å². The van der Waals surface area contributed by atoms with Gasteiger partial charge in [0.25, 0.3) is 0 Å². The molecule has 0 saturated carbocycles. The molecule has 0 aliphatic rings. The summed E-state index contributed by atoms with van der Waals surface area (Å²) in [6.45, 7) is 12.4.